The van der Waals surface area contributed by atoms with E-state index >= 15 is 0 Å². The fraction of sp³-hybridized carbons (Fsp3) is 0.276. The maximum atomic E-state index is 13.0. The third kappa shape index (κ3) is 5.13. The molecule has 0 spiro atoms. The number of rotatable bonds is 8. The molecule has 9 heteroatoms. The van der Waals surface area contributed by atoms with E-state index in [1.807, 2.05) is 42.5 Å². The van der Waals surface area contributed by atoms with Gasteiger partial charge in [0.25, 0.3) is 0 Å². The smallest absolute Gasteiger partial charge is 0.231 e. The lowest BCUT2D eigenvalue weighted by atomic mass is 9.98. The number of fused-ring (bicyclic) bond motifs is 1. The lowest BCUT2D eigenvalue weighted by Gasteiger charge is -2.17. The van der Waals surface area contributed by atoms with Gasteiger partial charge in [0.05, 0.1) is 39.9 Å². The van der Waals surface area contributed by atoms with Gasteiger partial charge in [-0.25, -0.2) is 4.98 Å². The minimum atomic E-state index is -0.269. The Hall–Kier alpha value is -4.53. The maximum absolute atomic E-state index is 13.0. The summed E-state index contributed by atoms with van der Waals surface area (Å²) in [6, 6.07) is 16.1. The van der Waals surface area contributed by atoms with Crippen LogP contribution >= 0.6 is 0 Å². The van der Waals surface area contributed by atoms with Gasteiger partial charge in [0.2, 0.25) is 23.4 Å². The van der Waals surface area contributed by atoms with Crippen LogP contribution in [-0.4, -0.2) is 56.1 Å². The van der Waals surface area contributed by atoms with Gasteiger partial charge in [-0.15, -0.1) is 0 Å². The molecule has 3 aromatic carbocycles. The van der Waals surface area contributed by atoms with Crippen molar-refractivity contribution in [1.82, 2.24) is 9.88 Å². The predicted molar refractivity (Wildman–Crippen MR) is 143 cm³/mol. The first-order chi connectivity index (χ1) is 18.5. The summed E-state index contributed by atoms with van der Waals surface area (Å²) in [5.41, 5.74) is 2.88. The molecule has 0 bridgehead atoms. The maximum Gasteiger partial charge on any atom is 0.231 e. The average Bonchev–Trinajstić information content (AvgIpc) is 3.64. The Kier molecular flexibility index (Phi) is 7.17. The van der Waals surface area contributed by atoms with Crippen LogP contribution in [0.2, 0.25) is 0 Å². The Morgan fingerprint density at radius 1 is 0.974 bits per heavy atom. The summed E-state index contributed by atoms with van der Waals surface area (Å²) in [4.78, 5) is 31.0. The molecule has 2 heterocycles. The highest BCUT2D eigenvalue weighted by Crippen LogP contribution is 2.41. The van der Waals surface area contributed by atoms with Gasteiger partial charge in [0.1, 0.15) is 0 Å². The van der Waals surface area contributed by atoms with E-state index < -0.39 is 0 Å². The number of nitrogens with zero attached hydrogens (tertiary/aromatic N) is 2. The SMILES string of the molecule is COc1cc(-c2ccc3cc(CC(=O)N4CCC(C(=O)Nc5cnco5)C4)ccc3c2)cc(OC)c1OC. The van der Waals surface area contributed by atoms with Crippen molar-refractivity contribution in [1.29, 1.82) is 0 Å². The number of amides is 2. The number of oxazole rings is 1. The Labute approximate surface area is 220 Å². The number of carbonyl (C=O) groups is 2. The molecule has 0 radical (unpaired) electrons. The molecule has 0 saturated carbocycles. The van der Waals surface area contributed by atoms with Gasteiger partial charge in [0.15, 0.2) is 17.9 Å². The van der Waals surface area contributed by atoms with Gasteiger partial charge in [-0.3, -0.25) is 14.9 Å². The van der Waals surface area contributed by atoms with E-state index in [9.17, 15) is 9.59 Å². The molecule has 1 atom stereocenters. The van der Waals surface area contributed by atoms with Crippen LogP contribution in [0.3, 0.4) is 0 Å². The summed E-state index contributed by atoms with van der Waals surface area (Å²) in [5.74, 6) is 1.62. The van der Waals surface area contributed by atoms with E-state index in [1.165, 1.54) is 12.6 Å². The predicted octanol–water partition coefficient (Wildman–Crippen LogP) is 4.55. The molecular formula is C29H29N3O6. The van der Waals surface area contributed by atoms with Crippen LogP contribution in [-0.2, 0) is 16.0 Å². The summed E-state index contributed by atoms with van der Waals surface area (Å²) >= 11 is 0. The number of hydrogen-bond acceptors (Lipinski definition) is 7. The number of aromatic nitrogens is 1. The highest BCUT2D eigenvalue weighted by Gasteiger charge is 2.31. The number of carbonyl (C=O) groups excluding carboxylic acids is 2. The zero-order valence-corrected chi connectivity index (χ0v) is 21.5. The van der Waals surface area contributed by atoms with Gasteiger partial charge < -0.3 is 23.5 Å². The molecule has 38 heavy (non-hydrogen) atoms. The number of ether oxygens (including phenoxy) is 3. The molecular weight excluding hydrogens is 486 g/mol. The molecule has 2 amide bonds. The molecule has 1 N–H and O–H groups in total. The molecule has 196 valence electrons. The molecule has 1 aromatic heterocycles. The van der Waals surface area contributed by atoms with Crippen LogP contribution in [0.15, 0.2) is 65.5 Å². The van der Waals surface area contributed by atoms with Crippen LogP contribution < -0.4 is 19.5 Å². The number of nitrogens with one attached hydrogen (secondary N) is 1. The van der Waals surface area contributed by atoms with E-state index in [0.29, 0.717) is 42.6 Å². The minimum absolute atomic E-state index is 0.00774. The summed E-state index contributed by atoms with van der Waals surface area (Å²) in [5, 5.41) is 4.79. The molecule has 1 saturated heterocycles. The van der Waals surface area contributed by atoms with Crippen LogP contribution in [0.5, 0.6) is 17.2 Å². The Bertz CT molecular complexity index is 1440. The van der Waals surface area contributed by atoms with Gasteiger partial charge in [-0.05, 0) is 52.1 Å². The summed E-state index contributed by atoms with van der Waals surface area (Å²) < 4.78 is 21.5. The molecule has 1 unspecified atom stereocenters. The highest BCUT2D eigenvalue weighted by atomic mass is 16.5. The third-order valence-corrected chi connectivity index (χ3v) is 6.85. The second-order valence-corrected chi connectivity index (χ2v) is 9.17. The standard InChI is InChI=1S/C29H29N3O6/c1-35-24-13-23(14-25(36-2)28(24)37-3)21-7-6-19-10-18(4-5-20(19)12-21)11-27(33)32-9-8-22(16-32)29(34)31-26-15-30-17-38-26/h4-7,10,12-15,17,22H,8-9,11,16H2,1-3H3,(H,31,34). The van der Waals surface area contributed by atoms with Crippen molar-refractivity contribution in [2.45, 2.75) is 12.8 Å². The summed E-state index contributed by atoms with van der Waals surface area (Å²) in [7, 11) is 4.78. The second-order valence-electron chi connectivity index (χ2n) is 9.17. The Balaban J connectivity index is 1.27. The van der Waals surface area contributed by atoms with E-state index in [0.717, 1.165) is 27.5 Å². The van der Waals surface area contributed by atoms with Gasteiger partial charge in [0, 0.05) is 13.1 Å². The fourth-order valence-electron chi connectivity index (χ4n) is 4.82. The first-order valence-corrected chi connectivity index (χ1v) is 12.3. The minimum Gasteiger partial charge on any atom is -0.493 e. The molecule has 9 nitrogen and oxygen atoms in total. The van der Waals surface area contributed by atoms with Crippen molar-refractivity contribution < 1.29 is 28.2 Å². The normalized spacial score (nSPS) is 14.9. The van der Waals surface area contributed by atoms with Crippen molar-refractivity contribution in [3.8, 4) is 28.4 Å². The molecule has 1 aliphatic heterocycles. The Morgan fingerprint density at radius 3 is 2.39 bits per heavy atom. The molecule has 5 rings (SSSR count). The number of hydrogen-bond donors (Lipinski definition) is 1. The molecule has 1 aliphatic rings. The van der Waals surface area contributed by atoms with Crippen LogP contribution in [0, 0.1) is 5.92 Å². The first-order valence-electron chi connectivity index (χ1n) is 12.3. The van der Waals surface area contributed by atoms with E-state index in [1.54, 1.807) is 26.2 Å². The third-order valence-electron chi connectivity index (χ3n) is 6.85. The Morgan fingerprint density at radius 2 is 1.71 bits per heavy atom. The highest BCUT2D eigenvalue weighted by molar-refractivity contribution is 5.93. The van der Waals surface area contributed by atoms with E-state index in [4.69, 9.17) is 18.6 Å². The van der Waals surface area contributed by atoms with Crippen LogP contribution in [0.4, 0.5) is 5.88 Å². The topological polar surface area (TPSA) is 103 Å². The lowest BCUT2D eigenvalue weighted by molar-refractivity contribution is -0.129. The van der Waals surface area contributed by atoms with Crippen molar-refractivity contribution in [2.75, 3.05) is 39.7 Å². The second kappa shape index (κ2) is 10.8. The van der Waals surface area contributed by atoms with Crippen LogP contribution in [0.1, 0.15) is 12.0 Å². The van der Waals surface area contributed by atoms with Crippen molar-refractivity contribution in [3.05, 3.63) is 66.7 Å². The molecule has 1 fully saturated rings. The summed E-state index contributed by atoms with van der Waals surface area (Å²) in [6.07, 6.45) is 3.61. The first kappa shape index (κ1) is 25.1. The van der Waals surface area contributed by atoms with E-state index in [2.05, 4.69) is 16.4 Å². The monoisotopic (exact) mass is 515 g/mol. The van der Waals surface area contributed by atoms with Crippen molar-refractivity contribution in [2.24, 2.45) is 5.92 Å². The van der Waals surface area contributed by atoms with Crippen LogP contribution in [0.25, 0.3) is 21.9 Å². The van der Waals surface area contributed by atoms with Gasteiger partial charge in [-0.2, -0.15) is 0 Å². The van der Waals surface area contributed by atoms with E-state index in [-0.39, 0.29) is 24.2 Å². The summed E-state index contributed by atoms with van der Waals surface area (Å²) in [6.45, 7) is 0.948. The fourth-order valence-corrected chi connectivity index (χ4v) is 4.82. The number of methoxy groups -OCH3 is 3. The molecule has 0 aliphatic carbocycles. The quantitative estimate of drug-likeness (QED) is 0.367. The number of likely N-dealkylation sites (tertiary alicyclic amines) is 1. The zero-order valence-electron chi connectivity index (χ0n) is 21.5. The van der Waals surface area contributed by atoms with Gasteiger partial charge >= 0.3 is 0 Å². The number of anilines is 1. The largest absolute Gasteiger partial charge is 0.493 e. The zero-order chi connectivity index (χ0) is 26.6. The lowest BCUT2D eigenvalue weighted by Crippen LogP contribution is -2.32. The number of benzene rings is 3. The van der Waals surface area contributed by atoms with Gasteiger partial charge in [-0.1, -0.05) is 30.3 Å². The van der Waals surface area contributed by atoms with Crippen molar-refractivity contribution in [3.63, 3.8) is 0 Å². The average molecular weight is 516 g/mol. The molecule has 4 aromatic rings. The van der Waals surface area contributed by atoms with Crippen molar-refractivity contribution >= 4 is 28.5 Å².